The number of nitrogens with zero attached hydrogens (tertiary/aromatic N) is 2. The van der Waals surface area contributed by atoms with Crippen molar-refractivity contribution in [2.45, 2.75) is 0 Å². The first-order valence-corrected chi connectivity index (χ1v) is 20.6. The van der Waals surface area contributed by atoms with Crippen LogP contribution in [0.25, 0.3) is 99.4 Å². The molecule has 2 aromatic heterocycles. The van der Waals surface area contributed by atoms with E-state index in [2.05, 4.69) is 175 Å². The van der Waals surface area contributed by atoms with Crippen LogP contribution in [0.3, 0.4) is 0 Å². The van der Waals surface area contributed by atoms with Crippen LogP contribution in [0.4, 0.5) is 17.1 Å². The van der Waals surface area contributed by atoms with Gasteiger partial charge < -0.3 is 13.7 Å². The molecular weight excluding hydrogens is 745 g/mol. The summed E-state index contributed by atoms with van der Waals surface area (Å²) in [4.78, 5) is 7.37. The molecule has 0 N–H and O–H groups in total. The maximum atomic E-state index is 6.64. The van der Waals surface area contributed by atoms with Crippen LogP contribution in [-0.2, 0) is 0 Å². The topological polar surface area (TPSA) is 42.4 Å². The molecule has 0 atom stereocenters. The van der Waals surface area contributed by atoms with E-state index in [4.69, 9.17) is 13.8 Å². The lowest BCUT2D eigenvalue weighted by Gasteiger charge is -2.28. The molecule has 0 aliphatic rings. The Morgan fingerprint density at radius 2 is 0.934 bits per heavy atom. The van der Waals surface area contributed by atoms with Gasteiger partial charge in [-0.05, 0) is 104 Å². The van der Waals surface area contributed by atoms with E-state index in [-0.39, 0.29) is 0 Å². The van der Waals surface area contributed by atoms with Crippen molar-refractivity contribution in [3.05, 3.63) is 218 Å². The molecule has 0 spiro atoms. The molecule has 12 rings (SSSR count). The van der Waals surface area contributed by atoms with Gasteiger partial charge in [0.25, 0.3) is 0 Å². The number of benzene rings is 10. The Morgan fingerprint density at radius 1 is 0.361 bits per heavy atom. The van der Waals surface area contributed by atoms with Gasteiger partial charge in [-0.2, -0.15) is 0 Å². The highest BCUT2D eigenvalue weighted by molar-refractivity contribution is 6.17. The quantitative estimate of drug-likeness (QED) is 0.151. The Labute approximate surface area is 352 Å². The van der Waals surface area contributed by atoms with E-state index >= 15 is 0 Å². The lowest BCUT2D eigenvalue weighted by atomic mass is 9.93. The molecule has 286 valence electrons. The van der Waals surface area contributed by atoms with Gasteiger partial charge in [0, 0.05) is 33.3 Å². The van der Waals surface area contributed by atoms with Crippen molar-refractivity contribution in [1.82, 2.24) is 4.98 Å². The summed E-state index contributed by atoms with van der Waals surface area (Å²) in [6, 6.07) is 77.0. The second-order valence-corrected chi connectivity index (χ2v) is 15.5. The van der Waals surface area contributed by atoms with Gasteiger partial charge in [0.2, 0.25) is 5.89 Å². The fourth-order valence-corrected chi connectivity index (χ4v) is 9.03. The maximum Gasteiger partial charge on any atom is 0.227 e. The lowest BCUT2D eigenvalue weighted by molar-refractivity contribution is 0.619. The van der Waals surface area contributed by atoms with E-state index in [1.165, 1.54) is 32.7 Å². The molecule has 0 unspecified atom stereocenters. The number of anilines is 3. The van der Waals surface area contributed by atoms with Crippen LogP contribution in [0.15, 0.2) is 227 Å². The maximum absolute atomic E-state index is 6.64. The van der Waals surface area contributed by atoms with Crippen LogP contribution in [0.1, 0.15) is 0 Å². The van der Waals surface area contributed by atoms with Crippen molar-refractivity contribution >= 4 is 71.6 Å². The second kappa shape index (κ2) is 14.3. The molecule has 10 aromatic carbocycles. The molecule has 61 heavy (non-hydrogen) atoms. The fourth-order valence-electron chi connectivity index (χ4n) is 9.03. The monoisotopic (exact) mass is 780 g/mol. The minimum Gasteiger partial charge on any atom is -0.455 e. The first-order chi connectivity index (χ1) is 30.2. The molecule has 0 saturated carbocycles. The van der Waals surface area contributed by atoms with Crippen LogP contribution in [0, 0.1) is 0 Å². The summed E-state index contributed by atoms with van der Waals surface area (Å²) in [6.07, 6.45) is 0. The Morgan fingerprint density at radius 3 is 1.69 bits per heavy atom. The number of oxazole rings is 1. The first-order valence-electron chi connectivity index (χ1n) is 20.6. The number of rotatable bonds is 7. The molecular formula is C57H36N2O2. The highest BCUT2D eigenvalue weighted by atomic mass is 16.4. The summed E-state index contributed by atoms with van der Waals surface area (Å²) in [5.74, 6) is 0.578. The zero-order valence-corrected chi connectivity index (χ0v) is 33.0. The van der Waals surface area contributed by atoms with E-state index in [1.54, 1.807) is 0 Å². The van der Waals surface area contributed by atoms with Crippen molar-refractivity contribution in [1.29, 1.82) is 0 Å². The largest absolute Gasteiger partial charge is 0.455 e. The normalized spacial score (nSPS) is 11.6. The molecule has 0 bridgehead atoms. The number of aromatic nitrogens is 1. The summed E-state index contributed by atoms with van der Waals surface area (Å²) in [5.41, 5.74) is 13.7. The minimum atomic E-state index is 0.578. The summed E-state index contributed by atoms with van der Waals surface area (Å²) in [7, 11) is 0. The number of hydrogen-bond donors (Lipinski definition) is 0. The van der Waals surface area contributed by atoms with Crippen molar-refractivity contribution in [3.8, 4) is 44.8 Å². The van der Waals surface area contributed by atoms with Crippen LogP contribution in [0.2, 0.25) is 0 Å². The molecule has 0 saturated heterocycles. The third kappa shape index (κ3) is 5.88. The lowest BCUT2D eigenvalue weighted by Crippen LogP contribution is -2.11. The molecule has 0 aliphatic carbocycles. The Kier molecular flexibility index (Phi) is 8.13. The van der Waals surface area contributed by atoms with E-state index < -0.39 is 0 Å². The second-order valence-electron chi connectivity index (χ2n) is 15.5. The predicted octanol–water partition coefficient (Wildman–Crippen LogP) is 16.2. The summed E-state index contributed by atoms with van der Waals surface area (Å²) in [6.45, 7) is 0. The standard InChI is InChI=1S/C57H36N2O2/c1-3-15-37(16-4-1)45-21-11-13-25-52(45)59(42-31-27-38(28-32-42)49-35-41-19-7-8-20-44(41)46-22-9-10-23-47(46)49)43-33-29-39(30-34-43)54-55-50(48-24-12-14-26-53(48)60-55)36-51-56(54)61-57(58-51)40-17-5-2-6-18-40/h1-36H. The van der Waals surface area contributed by atoms with Gasteiger partial charge in [-0.1, -0.05) is 158 Å². The summed E-state index contributed by atoms with van der Waals surface area (Å²) >= 11 is 0. The number of furan rings is 1. The predicted molar refractivity (Wildman–Crippen MR) is 253 cm³/mol. The fraction of sp³-hybridized carbons (Fsp3) is 0. The molecule has 0 fully saturated rings. The molecule has 4 nitrogen and oxygen atoms in total. The summed E-state index contributed by atoms with van der Waals surface area (Å²) in [5, 5.41) is 7.06. The number of hydrogen-bond acceptors (Lipinski definition) is 4. The van der Waals surface area contributed by atoms with Crippen molar-refractivity contribution in [3.63, 3.8) is 0 Å². The first kappa shape index (κ1) is 34.8. The van der Waals surface area contributed by atoms with E-state index in [0.717, 1.165) is 72.3 Å². The highest BCUT2D eigenvalue weighted by Gasteiger charge is 2.23. The van der Waals surface area contributed by atoms with Crippen molar-refractivity contribution in [2.24, 2.45) is 0 Å². The molecule has 2 heterocycles. The van der Waals surface area contributed by atoms with E-state index in [9.17, 15) is 0 Å². The van der Waals surface area contributed by atoms with Crippen molar-refractivity contribution in [2.75, 3.05) is 4.90 Å². The van der Waals surface area contributed by atoms with Crippen LogP contribution >= 0.6 is 0 Å². The molecule has 0 aliphatic heterocycles. The molecule has 4 heteroatoms. The van der Waals surface area contributed by atoms with Crippen LogP contribution in [0.5, 0.6) is 0 Å². The summed E-state index contributed by atoms with van der Waals surface area (Å²) < 4.78 is 13.3. The third-order valence-corrected chi connectivity index (χ3v) is 11.9. The number of fused-ring (bicyclic) bond motifs is 7. The van der Waals surface area contributed by atoms with Gasteiger partial charge >= 0.3 is 0 Å². The average molecular weight is 781 g/mol. The van der Waals surface area contributed by atoms with E-state index in [0.29, 0.717) is 11.5 Å². The van der Waals surface area contributed by atoms with Gasteiger partial charge in [-0.3, -0.25) is 0 Å². The third-order valence-electron chi connectivity index (χ3n) is 11.9. The van der Waals surface area contributed by atoms with Gasteiger partial charge in [0.15, 0.2) is 5.58 Å². The highest BCUT2D eigenvalue weighted by Crippen LogP contribution is 2.46. The van der Waals surface area contributed by atoms with Crippen LogP contribution in [-0.4, -0.2) is 4.98 Å². The Balaban J connectivity index is 1.02. The van der Waals surface area contributed by atoms with Gasteiger partial charge in [0.05, 0.1) is 11.3 Å². The Bertz CT molecular complexity index is 3570. The van der Waals surface area contributed by atoms with Gasteiger partial charge in [-0.15, -0.1) is 0 Å². The molecule has 0 radical (unpaired) electrons. The van der Waals surface area contributed by atoms with E-state index in [1.807, 2.05) is 48.5 Å². The van der Waals surface area contributed by atoms with Crippen molar-refractivity contribution < 1.29 is 8.83 Å². The average Bonchev–Trinajstić information content (AvgIpc) is 3.93. The van der Waals surface area contributed by atoms with Gasteiger partial charge in [-0.25, -0.2) is 4.98 Å². The minimum absolute atomic E-state index is 0.578. The Hall–Kier alpha value is -8.21. The zero-order valence-electron chi connectivity index (χ0n) is 33.0. The SMILES string of the molecule is c1ccc(-c2nc3cc4c(oc5ccccc54)c(-c4ccc(N(c5ccc(-c6cc7ccccc7c7ccccc67)cc5)c5ccccc5-c5ccccc5)cc4)c3o2)cc1. The molecule has 0 amide bonds. The number of para-hydroxylation sites is 2. The zero-order chi connectivity index (χ0) is 40.3. The molecule has 12 aromatic rings. The van der Waals surface area contributed by atoms with Gasteiger partial charge in [0.1, 0.15) is 16.7 Å². The smallest absolute Gasteiger partial charge is 0.227 e. The van der Waals surface area contributed by atoms with Crippen LogP contribution < -0.4 is 4.90 Å².